The summed E-state index contributed by atoms with van der Waals surface area (Å²) in [6, 6.07) is 12.6. The second kappa shape index (κ2) is 16.5. The molecule has 1 atom stereocenters. The monoisotopic (exact) mass is 503 g/mol. The van der Waals surface area contributed by atoms with E-state index in [1.165, 1.54) is 24.7 Å². The minimum atomic E-state index is -1.04. The van der Waals surface area contributed by atoms with Crippen LogP contribution in [0, 0.1) is 23.7 Å². The number of rotatable bonds is 12. The van der Waals surface area contributed by atoms with Crippen LogP contribution < -0.4 is 27.2 Å². The molecule has 2 aromatic carbocycles. The summed E-state index contributed by atoms with van der Waals surface area (Å²) in [6.45, 7) is 3.13. The normalized spacial score (nSPS) is 10.7. The van der Waals surface area contributed by atoms with E-state index in [0.717, 1.165) is 18.5 Å². The number of nitrogens with two attached hydrogens (primary N) is 1. The first kappa shape index (κ1) is 29.1. The molecule has 0 fully saturated rings. The van der Waals surface area contributed by atoms with Crippen molar-refractivity contribution in [2.75, 3.05) is 25.0 Å². The van der Waals surface area contributed by atoms with Crippen LogP contribution in [0.15, 0.2) is 48.5 Å². The molecule has 0 unspecified atom stereocenters. The average molecular weight is 504 g/mol. The van der Waals surface area contributed by atoms with E-state index in [9.17, 15) is 14.4 Å². The molecule has 3 amide bonds. The molecule has 0 aliphatic rings. The summed E-state index contributed by atoms with van der Waals surface area (Å²) < 4.78 is 0. The summed E-state index contributed by atoms with van der Waals surface area (Å²) in [5.74, 6) is 10.0. The van der Waals surface area contributed by atoms with Gasteiger partial charge in [0.05, 0.1) is 6.54 Å². The predicted octanol–water partition coefficient (Wildman–Crippen LogP) is 1.76. The number of unbranched alkanes of at least 4 members (excludes halogenated alkanes) is 3. The van der Waals surface area contributed by atoms with Gasteiger partial charge in [-0.3, -0.25) is 19.6 Å². The van der Waals surface area contributed by atoms with Crippen LogP contribution in [-0.4, -0.2) is 48.6 Å². The van der Waals surface area contributed by atoms with E-state index >= 15 is 0 Å². The highest BCUT2D eigenvalue weighted by molar-refractivity contribution is 5.97. The molecule has 0 aliphatic heterocycles. The molecule has 0 bridgehead atoms. The summed E-state index contributed by atoms with van der Waals surface area (Å²) in [5, 5.41) is 17.1. The van der Waals surface area contributed by atoms with Gasteiger partial charge < -0.3 is 21.7 Å². The zero-order valence-corrected chi connectivity index (χ0v) is 20.9. The van der Waals surface area contributed by atoms with E-state index in [-0.39, 0.29) is 19.0 Å². The summed E-state index contributed by atoms with van der Waals surface area (Å²) in [5.41, 5.74) is 9.33. The maximum absolute atomic E-state index is 12.2. The van der Waals surface area contributed by atoms with Crippen LogP contribution in [0.3, 0.4) is 0 Å². The topological polar surface area (TPSA) is 146 Å². The first-order valence-corrected chi connectivity index (χ1v) is 12.1. The highest BCUT2D eigenvalue weighted by Crippen LogP contribution is 2.08. The van der Waals surface area contributed by atoms with Crippen LogP contribution in [0.25, 0.3) is 0 Å². The first-order valence-electron chi connectivity index (χ1n) is 12.1. The van der Waals surface area contributed by atoms with Crippen molar-refractivity contribution in [1.82, 2.24) is 16.1 Å². The van der Waals surface area contributed by atoms with Gasteiger partial charge >= 0.3 is 0 Å². The molecular formula is C28H33N5O4. The van der Waals surface area contributed by atoms with E-state index in [1.807, 2.05) is 12.1 Å². The fourth-order valence-electron chi connectivity index (χ4n) is 3.18. The molecule has 2 rings (SSSR count). The van der Waals surface area contributed by atoms with Crippen molar-refractivity contribution in [3.05, 3.63) is 65.2 Å². The second-order valence-corrected chi connectivity index (χ2v) is 8.18. The molecule has 0 saturated heterocycles. The number of hydrogen-bond donors (Lipinski definition) is 6. The maximum atomic E-state index is 12.2. The van der Waals surface area contributed by atoms with Crippen LogP contribution in [-0.2, 0) is 9.59 Å². The lowest BCUT2D eigenvalue weighted by Crippen LogP contribution is -2.50. The molecule has 9 nitrogen and oxygen atoms in total. The van der Waals surface area contributed by atoms with E-state index < -0.39 is 17.9 Å². The van der Waals surface area contributed by atoms with E-state index in [0.29, 0.717) is 16.8 Å². The number of nitrogens with one attached hydrogen (secondary N) is 4. The van der Waals surface area contributed by atoms with Gasteiger partial charge in [0.1, 0.15) is 6.04 Å². The number of hydroxylamine groups is 1. The Morgan fingerprint density at radius 1 is 0.919 bits per heavy atom. The van der Waals surface area contributed by atoms with Crippen LogP contribution in [0.4, 0.5) is 5.69 Å². The average Bonchev–Trinajstić information content (AvgIpc) is 2.92. The first-order chi connectivity index (χ1) is 18.0. The number of anilines is 1. The molecule has 0 radical (unpaired) electrons. The van der Waals surface area contributed by atoms with Gasteiger partial charge in [0.2, 0.25) is 5.91 Å². The minimum Gasteiger partial charge on any atom is -0.339 e. The Hall–Kier alpha value is -4.15. The number of hydrogen-bond acceptors (Lipinski definition) is 6. The van der Waals surface area contributed by atoms with Crippen molar-refractivity contribution >= 4 is 23.4 Å². The van der Waals surface area contributed by atoms with Crippen molar-refractivity contribution in [3.8, 4) is 23.7 Å². The molecule has 37 heavy (non-hydrogen) atoms. The van der Waals surface area contributed by atoms with Gasteiger partial charge in [-0.15, -0.1) is 0 Å². The van der Waals surface area contributed by atoms with Crippen molar-refractivity contribution in [2.24, 2.45) is 5.73 Å². The Kier molecular flexibility index (Phi) is 13.0. The Labute approximate surface area is 217 Å². The fourth-order valence-corrected chi connectivity index (χ4v) is 3.18. The number of carbonyl (C=O) groups excluding carboxylic acids is 3. The molecule has 0 saturated carbocycles. The van der Waals surface area contributed by atoms with E-state index in [2.05, 4.69) is 46.6 Å². The highest BCUT2D eigenvalue weighted by Gasteiger charge is 2.19. The molecule has 7 N–H and O–H groups in total. The van der Waals surface area contributed by atoms with Crippen LogP contribution in [0.5, 0.6) is 0 Å². The smallest absolute Gasteiger partial charge is 0.267 e. The van der Waals surface area contributed by atoms with Gasteiger partial charge in [0, 0.05) is 28.9 Å². The van der Waals surface area contributed by atoms with Crippen LogP contribution >= 0.6 is 0 Å². The molecule has 0 aliphatic carbocycles. The lowest BCUT2D eigenvalue weighted by Gasteiger charge is -2.14. The van der Waals surface area contributed by atoms with Gasteiger partial charge in [-0.1, -0.05) is 38.0 Å². The van der Waals surface area contributed by atoms with Crippen molar-refractivity contribution in [1.29, 1.82) is 0 Å². The van der Waals surface area contributed by atoms with E-state index in [1.54, 1.807) is 36.4 Å². The molecule has 194 valence electrons. The van der Waals surface area contributed by atoms with Crippen LogP contribution in [0.2, 0.25) is 0 Å². The standard InChI is InChI=1S/C28H33N5O4/c1-2-3-4-7-18-30-20-26(34)31-24-16-12-22(13-17-24)9-6-5-8-21-10-14-23(15-11-21)27(35)32-25(19-29)28(36)33-37/h10-17,25,30,37H,2-4,7,18-20,29H2,1H3,(H,31,34)(H,32,35)(H,33,36)/t25-/m0/s1. The molecule has 0 spiro atoms. The van der Waals surface area contributed by atoms with Crippen molar-refractivity contribution in [2.45, 2.75) is 38.6 Å². The Morgan fingerprint density at radius 2 is 1.54 bits per heavy atom. The Bertz CT molecular complexity index is 1160. The van der Waals surface area contributed by atoms with Crippen molar-refractivity contribution in [3.63, 3.8) is 0 Å². The molecule has 0 heterocycles. The van der Waals surface area contributed by atoms with Crippen molar-refractivity contribution < 1.29 is 19.6 Å². The molecule has 9 heteroatoms. The largest absolute Gasteiger partial charge is 0.339 e. The zero-order valence-electron chi connectivity index (χ0n) is 20.9. The quantitative estimate of drug-likeness (QED) is 0.113. The van der Waals surface area contributed by atoms with Gasteiger partial charge in [0.25, 0.3) is 11.8 Å². The highest BCUT2D eigenvalue weighted by atomic mass is 16.5. The third kappa shape index (κ3) is 11.0. The SMILES string of the molecule is CCCCCCNCC(=O)Nc1ccc(C#CC#Cc2ccc(C(=O)N[C@@H](CN)C(=O)NO)cc2)cc1. The van der Waals surface area contributed by atoms with Gasteiger partial charge in [-0.2, -0.15) is 0 Å². The lowest BCUT2D eigenvalue weighted by molar-refractivity contribution is -0.130. The number of carbonyl (C=O) groups is 3. The third-order valence-corrected chi connectivity index (χ3v) is 5.25. The van der Waals surface area contributed by atoms with Crippen LogP contribution in [0.1, 0.15) is 54.1 Å². The molecule has 2 aromatic rings. The van der Waals surface area contributed by atoms with E-state index in [4.69, 9.17) is 10.9 Å². The molecular weight excluding hydrogens is 470 g/mol. The third-order valence-electron chi connectivity index (χ3n) is 5.25. The van der Waals surface area contributed by atoms with Gasteiger partial charge in [-0.05, 0) is 73.3 Å². The fraction of sp³-hybridized carbons (Fsp3) is 0.321. The summed E-state index contributed by atoms with van der Waals surface area (Å²) in [7, 11) is 0. The Morgan fingerprint density at radius 3 is 2.11 bits per heavy atom. The van der Waals surface area contributed by atoms with Gasteiger partial charge in [0.15, 0.2) is 0 Å². The lowest BCUT2D eigenvalue weighted by atomic mass is 10.1. The number of amides is 3. The molecule has 0 aromatic heterocycles. The predicted molar refractivity (Wildman–Crippen MR) is 143 cm³/mol. The zero-order chi connectivity index (χ0) is 26.9. The second-order valence-electron chi connectivity index (χ2n) is 8.18. The number of benzene rings is 2. The summed E-state index contributed by atoms with van der Waals surface area (Å²) >= 11 is 0. The summed E-state index contributed by atoms with van der Waals surface area (Å²) in [4.78, 5) is 35.7. The maximum Gasteiger partial charge on any atom is 0.267 e. The summed E-state index contributed by atoms with van der Waals surface area (Å²) in [6.07, 6.45) is 4.66. The minimum absolute atomic E-state index is 0.0847. The van der Waals surface area contributed by atoms with Gasteiger partial charge in [-0.25, -0.2) is 5.48 Å². The Balaban J connectivity index is 1.82.